The second-order valence-electron chi connectivity index (χ2n) is 4.30. The number of aliphatic hydroxyl groups is 1. The van der Waals surface area contributed by atoms with E-state index in [1.54, 1.807) is 7.05 Å². The van der Waals surface area contributed by atoms with Gasteiger partial charge in [-0.3, -0.25) is 4.79 Å². The Morgan fingerprint density at radius 1 is 1.35 bits per heavy atom. The van der Waals surface area contributed by atoms with E-state index < -0.39 is 6.10 Å². The first-order valence-corrected chi connectivity index (χ1v) is 5.62. The lowest BCUT2D eigenvalue weighted by molar-refractivity contribution is -0.125. The van der Waals surface area contributed by atoms with Crippen molar-refractivity contribution in [2.45, 2.75) is 26.9 Å². The Morgan fingerprint density at radius 3 is 2.47 bits per heavy atom. The van der Waals surface area contributed by atoms with Crippen molar-refractivity contribution < 1.29 is 9.90 Å². The molecule has 0 aliphatic heterocycles. The Kier molecular flexibility index (Phi) is 4.26. The zero-order chi connectivity index (χ0) is 13.2. The first-order valence-electron chi connectivity index (χ1n) is 5.62. The summed E-state index contributed by atoms with van der Waals surface area (Å²) in [5.41, 5.74) is 9.48. The number of nitrogens with two attached hydrogens (primary N) is 1. The molecule has 0 saturated carbocycles. The van der Waals surface area contributed by atoms with E-state index in [-0.39, 0.29) is 12.5 Å². The number of benzene rings is 1. The van der Waals surface area contributed by atoms with Crippen molar-refractivity contribution in [2.24, 2.45) is 5.73 Å². The molecule has 0 saturated heterocycles. The molecule has 1 unspecified atom stereocenters. The lowest BCUT2D eigenvalue weighted by Crippen LogP contribution is -2.40. The molecule has 17 heavy (non-hydrogen) atoms. The molecule has 0 bridgehead atoms. The number of hydrogen-bond acceptors (Lipinski definition) is 3. The fourth-order valence-corrected chi connectivity index (χ4v) is 1.75. The molecule has 1 rings (SSSR count). The molecule has 4 nitrogen and oxygen atoms in total. The SMILES string of the molecule is Cc1ccc(N(C)C(=O)C(O)CN)c(C)c1C. The van der Waals surface area contributed by atoms with Gasteiger partial charge in [0.1, 0.15) is 6.10 Å². The van der Waals surface area contributed by atoms with Crippen LogP contribution in [0.3, 0.4) is 0 Å². The maximum absolute atomic E-state index is 11.8. The zero-order valence-corrected chi connectivity index (χ0v) is 10.8. The number of likely N-dealkylation sites (N-methyl/N-ethyl adjacent to an activating group) is 1. The van der Waals surface area contributed by atoms with E-state index in [2.05, 4.69) is 0 Å². The summed E-state index contributed by atoms with van der Waals surface area (Å²) in [6.07, 6.45) is -1.14. The average molecular weight is 236 g/mol. The number of aliphatic hydroxyl groups excluding tert-OH is 1. The Hall–Kier alpha value is -1.39. The van der Waals surface area contributed by atoms with Crippen LogP contribution in [-0.4, -0.2) is 30.7 Å². The molecular weight excluding hydrogens is 216 g/mol. The summed E-state index contributed by atoms with van der Waals surface area (Å²) in [6.45, 7) is 5.96. The lowest BCUT2D eigenvalue weighted by Gasteiger charge is -2.23. The van der Waals surface area contributed by atoms with Gasteiger partial charge in [-0.15, -0.1) is 0 Å². The Morgan fingerprint density at radius 2 is 1.94 bits per heavy atom. The van der Waals surface area contributed by atoms with Gasteiger partial charge in [-0.05, 0) is 43.5 Å². The first kappa shape index (κ1) is 13.7. The van der Waals surface area contributed by atoms with E-state index >= 15 is 0 Å². The second-order valence-corrected chi connectivity index (χ2v) is 4.30. The van der Waals surface area contributed by atoms with E-state index in [0.29, 0.717) is 0 Å². The van der Waals surface area contributed by atoms with E-state index in [9.17, 15) is 9.90 Å². The highest BCUT2D eigenvalue weighted by Gasteiger charge is 2.20. The summed E-state index contributed by atoms with van der Waals surface area (Å²) < 4.78 is 0. The van der Waals surface area contributed by atoms with E-state index in [4.69, 9.17) is 5.73 Å². The third kappa shape index (κ3) is 2.65. The maximum atomic E-state index is 11.8. The van der Waals surface area contributed by atoms with Gasteiger partial charge < -0.3 is 15.7 Å². The predicted molar refractivity (Wildman–Crippen MR) is 69.1 cm³/mol. The average Bonchev–Trinajstić information content (AvgIpc) is 2.33. The minimum Gasteiger partial charge on any atom is -0.382 e. The van der Waals surface area contributed by atoms with Crippen molar-refractivity contribution in [3.63, 3.8) is 0 Å². The van der Waals surface area contributed by atoms with Crippen LogP contribution in [0, 0.1) is 20.8 Å². The molecule has 0 heterocycles. The molecule has 1 amide bonds. The smallest absolute Gasteiger partial charge is 0.256 e. The Labute approximate surface area is 102 Å². The molecule has 0 radical (unpaired) electrons. The molecule has 0 spiro atoms. The van der Waals surface area contributed by atoms with Gasteiger partial charge in [0.2, 0.25) is 0 Å². The van der Waals surface area contributed by atoms with Gasteiger partial charge in [0.25, 0.3) is 5.91 Å². The molecule has 0 fully saturated rings. The van der Waals surface area contributed by atoms with Crippen LogP contribution in [0.5, 0.6) is 0 Å². The summed E-state index contributed by atoms with van der Waals surface area (Å²) in [6, 6.07) is 3.86. The second kappa shape index (κ2) is 5.29. The summed E-state index contributed by atoms with van der Waals surface area (Å²) in [7, 11) is 1.65. The van der Waals surface area contributed by atoms with Gasteiger partial charge in [-0.2, -0.15) is 0 Å². The van der Waals surface area contributed by atoms with Crippen LogP contribution in [-0.2, 0) is 4.79 Å². The third-order valence-electron chi connectivity index (χ3n) is 3.23. The van der Waals surface area contributed by atoms with Gasteiger partial charge in [-0.1, -0.05) is 6.07 Å². The number of rotatable bonds is 3. The standard InChI is InChI=1S/C13H20N2O2/c1-8-5-6-11(10(3)9(8)2)15(4)13(17)12(16)7-14/h5-6,12,16H,7,14H2,1-4H3. The minimum absolute atomic E-state index is 0.0624. The molecule has 0 aliphatic carbocycles. The normalized spacial score (nSPS) is 12.4. The minimum atomic E-state index is -1.14. The molecule has 3 N–H and O–H groups in total. The first-order chi connectivity index (χ1) is 7.90. The van der Waals surface area contributed by atoms with Crippen LogP contribution in [0.4, 0.5) is 5.69 Å². The summed E-state index contributed by atoms with van der Waals surface area (Å²) in [5, 5.41) is 9.46. The van der Waals surface area contributed by atoms with Crippen LogP contribution in [0.1, 0.15) is 16.7 Å². The lowest BCUT2D eigenvalue weighted by atomic mass is 10.0. The van der Waals surface area contributed by atoms with Crippen molar-refractivity contribution in [1.82, 2.24) is 0 Å². The van der Waals surface area contributed by atoms with Gasteiger partial charge in [0.15, 0.2) is 0 Å². The number of amides is 1. The molecule has 0 aromatic heterocycles. The van der Waals surface area contributed by atoms with Crippen LogP contribution >= 0.6 is 0 Å². The highest BCUT2D eigenvalue weighted by Crippen LogP contribution is 2.24. The van der Waals surface area contributed by atoms with Crippen molar-refractivity contribution in [3.05, 3.63) is 28.8 Å². The zero-order valence-electron chi connectivity index (χ0n) is 10.8. The fourth-order valence-electron chi connectivity index (χ4n) is 1.75. The molecule has 94 valence electrons. The molecule has 1 aromatic carbocycles. The number of aryl methyl sites for hydroxylation is 1. The molecule has 1 aromatic rings. The quantitative estimate of drug-likeness (QED) is 0.819. The van der Waals surface area contributed by atoms with Gasteiger partial charge >= 0.3 is 0 Å². The Balaban J connectivity index is 3.09. The summed E-state index contributed by atoms with van der Waals surface area (Å²) in [5.74, 6) is -0.376. The van der Waals surface area contributed by atoms with Crippen LogP contribution in [0.15, 0.2) is 12.1 Å². The van der Waals surface area contributed by atoms with Crippen molar-refractivity contribution >= 4 is 11.6 Å². The van der Waals surface area contributed by atoms with Crippen molar-refractivity contribution in [3.8, 4) is 0 Å². The van der Waals surface area contributed by atoms with Gasteiger partial charge in [0.05, 0.1) is 0 Å². The molecular formula is C13H20N2O2. The molecule has 4 heteroatoms. The van der Waals surface area contributed by atoms with Crippen LogP contribution < -0.4 is 10.6 Å². The van der Waals surface area contributed by atoms with Crippen molar-refractivity contribution in [1.29, 1.82) is 0 Å². The largest absolute Gasteiger partial charge is 0.382 e. The number of anilines is 1. The summed E-state index contributed by atoms with van der Waals surface area (Å²) >= 11 is 0. The monoisotopic (exact) mass is 236 g/mol. The maximum Gasteiger partial charge on any atom is 0.256 e. The van der Waals surface area contributed by atoms with E-state index in [0.717, 1.165) is 16.8 Å². The number of hydrogen-bond donors (Lipinski definition) is 2. The van der Waals surface area contributed by atoms with E-state index in [1.807, 2.05) is 32.9 Å². The molecule has 0 aliphatic rings. The third-order valence-corrected chi connectivity index (χ3v) is 3.23. The number of nitrogens with zero attached hydrogens (tertiary/aromatic N) is 1. The highest BCUT2D eigenvalue weighted by molar-refractivity contribution is 5.96. The molecule has 1 atom stereocenters. The van der Waals surface area contributed by atoms with Crippen molar-refractivity contribution in [2.75, 3.05) is 18.5 Å². The highest BCUT2D eigenvalue weighted by atomic mass is 16.3. The van der Waals surface area contributed by atoms with Crippen LogP contribution in [0.2, 0.25) is 0 Å². The van der Waals surface area contributed by atoms with Gasteiger partial charge in [-0.25, -0.2) is 0 Å². The van der Waals surface area contributed by atoms with E-state index in [1.165, 1.54) is 10.5 Å². The number of carbonyl (C=O) groups is 1. The van der Waals surface area contributed by atoms with Gasteiger partial charge in [0, 0.05) is 19.3 Å². The topological polar surface area (TPSA) is 66.6 Å². The summed E-state index contributed by atoms with van der Waals surface area (Å²) in [4.78, 5) is 13.3. The predicted octanol–water partition coefficient (Wildman–Crippen LogP) is 0.894. The fraction of sp³-hybridized carbons (Fsp3) is 0.462. The van der Waals surface area contributed by atoms with Crippen LogP contribution in [0.25, 0.3) is 0 Å². The number of carbonyl (C=O) groups excluding carboxylic acids is 1. The Bertz CT molecular complexity index is 430.